The monoisotopic (exact) mass is 435 g/mol. The number of anilines is 3. The van der Waals surface area contributed by atoms with E-state index in [1.54, 1.807) is 12.1 Å². The molecule has 8 heteroatoms. The number of carbonyl (C=O) groups is 2. The highest BCUT2D eigenvalue weighted by molar-refractivity contribution is 6.04. The van der Waals surface area contributed by atoms with Crippen LogP contribution in [0.2, 0.25) is 0 Å². The second kappa shape index (κ2) is 8.61. The number of hydrogen-bond acceptors (Lipinski definition) is 5. The highest BCUT2D eigenvalue weighted by atomic mass is 16.2. The Morgan fingerprint density at radius 1 is 1.16 bits per heavy atom. The molecule has 4 rings (SSSR count). The summed E-state index contributed by atoms with van der Waals surface area (Å²) >= 11 is 0. The smallest absolute Gasteiger partial charge is 0.258 e. The Kier molecular flexibility index (Phi) is 5.86. The van der Waals surface area contributed by atoms with Crippen LogP contribution in [0.25, 0.3) is 5.57 Å². The minimum absolute atomic E-state index is 0.108. The van der Waals surface area contributed by atoms with E-state index >= 15 is 0 Å². The van der Waals surface area contributed by atoms with Gasteiger partial charge in [-0.3, -0.25) is 19.4 Å². The number of rotatable bonds is 4. The first-order chi connectivity index (χ1) is 15.2. The van der Waals surface area contributed by atoms with E-state index in [1.807, 2.05) is 19.1 Å². The normalized spacial score (nSPS) is 22.7. The van der Waals surface area contributed by atoms with Gasteiger partial charge < -0.3 is 15.5 Å². The van der Waals surface area contributed by atoms with Crippen LogP contribution in [0.3, 0.4) is 0 Å². The standard InChI is InChI=1S/C24H29N5O3/c1-13(2)16-8-10-17(11-9-16)25-22(31)18-12-19(30)26-21-20(18)23(32)28-24(27-21)29-14(3)6-5-7-15(29)4/h8-11,14-15,18H,1,5-7,12H2,2-4H3,(H,25,31)(H2,26,27,28,30,32)/t14-,15-,18+/m0/s1. The van der Waals surface area contributed by atoms with Crippen molar-refractivity contribution in [2.24, 2.45) is 0 Å². The number of aromatic amines is 1. The Hall–Kier alpha value is -3.42. The molecule has 3 atom stereocenters. The molecular weight excluding hydrogens is 406 g/mol. The molecule has 0 bridgehead atoms. The van der Waals surface area contributed by atoms with Gasteiger partial charge in [0.05, 0.1) is 11.5 Å². The molecule has 1 fully saturated rings. The zero-order valence-corrected chi connectivity index (χ0v) is 18.7. The van der Waals surface area contributed by atoms with Gasteiger partial charge in [-0.05, 0) is 57.7 Å². The van der Waals surface area contributed by atoms with Crippen LogP contribution < -0.4 is 21.1 Å². The third-order valence-corrected chi connectivity index (χ3v) is 6.34. The summed E-state index contributed by atoms with van der Waals surface area (Å²) in [5, 5.41) is 5.51. The van der Waals surface area contributed by atoms with Crippen molar-refractivity contribution >= 4 is 34.8 Å². The SMILES string of the molecule is C=C(C)c1ccc(NC(=O)[C@@H]2CC(=O)Nc3nc(N4[C@@H](C)CCC[C@@H]4C)[nH]c(=O)c32)cc1. The predicted molar refractivity (Wildman–Crippen MR) is 126 cm³/mol. The Balaban J connectivity index is 1.64. The molecular formula is C24H29N5O3. The molecule has 1 aromatic carbocycles. The number of hydrogen-bond donors (Lipinski definition) is 3. The zero-order valence-electron chi connectivity index (χ0n) is 18.7. The summed E-state index contributed by atoms with van der Waals surface area (Å²) in [6, 6.07) is 7.72. The van der Waals surface area contributed by atoms with Gasteiger partial charge in [-0.2, -0.15) is 4.98 Å². The average Bonchev–Trinajstić information content (AvgIpc) is 2.73. The number of nitrogens with one attached hydrogen (secondary N) is 3. The van der Waals surface area contributed by atoms with Crippen LogP contribution in [0.4, 0.5) is 17.5 Å². The zero-order chi connectivity index (χ0) is 23.0. The largest absolute Gasteiger partial charge is 0.337 e. The number of benzene rings is 1. The fourth-order valence-corrected chi connectivity index (χ4v) is 4.61. The highest BCUT2D eigenvalue weighted by Gasteiger charge is 2.36. The number of allylic oxidation sites excluding steroid dienone is 1. The van der Waals surface area contributed by atoms with Gasteiger partial charge in [-0.15, -0.1) is 0 Å². The highest BCUT2D eigenvalue weighted by Crippen LogP contribution is 2.32. The number of amides is 2. The van der Waals surface area contributed by atoms with E-state index in [2.05, 4.69) is 45.9 Å². The summed E-state index contributed by atoms with van der Waals surface area (Å²) in [5.41, 5.74) is 2.28. The van der Waals surface area contributed by atoms with Crippen LogP contribution in [-0.4, -0.2) is 33.9 Å². The number of aromatic nitrogens is 2. The topological polar surface area (TPSA) is 107 Å². The van der Waals surface area contributed by atoms with Crippen LogP contribution in [0, 0.1) is 0 Å². The molecule has 32 heavy (non-hydrogen) atoms. The summed E-state index contributed by atoms with van der Waals surface area (Å²) in [6.07, 6.45) is 3.03. The lowest BCUT2D eigenvalue weighted by molar-refractivity contribution is -0.123. The van der Waals surface area contributed by atoms with E-state index in [0.29, 0.717) is 11.6 Å². The second-order valence-electron chi connectivity index (χ2n) is 8.84. The Labute approximate surface area is 187 Å². The van der Waals surface area contributed by atoms with Gasteiger partial charge in [-0.1, -0.05) is 24.3 Å². The quantitative estimate of drug-likeness (QED) is 0.680. The van der Waals surface area contributed by atoms with Crippen molar-refractivity contribution in [2.45, 2.75) is 64.5 Å². The van der Waals surface area contributed by atoms with Gasteiger partial charge in [0, 0.05) is 24.2 Å². The van der Waals surface area contributed by atoms with Crippen LogP contribution in [0.1, 0.15) is 63.5 Å². The molecule has 2 aliphatic rings. The van der Waals surface area contributed by atoms with Gasteiger partial charge in [-0.25, -0.2) is 0 Å². The number of nitrogens with zero attached hydrogens (tertiary/aromatic N) is 2. The van der Waals surface area contributed by atoms with E-state index in [9.17, 15) is 14.4 Å². The van der Waals surface area contributed by atoms with Crippen LogP contribution >= 0.6 is 0 Å². The number of fused-ring (bicyclic) bond motifs is 1. The molecule has 0 saturated carbocycles. The van der Waals surface area contributed by atoms with Gasteiger partial charge in [0.2, 0.25) is 17.8 Å². The summed E-state index contributed by atoms with van der Waals surface area (Å²) in [7, 11) is 0. The van der Waals surface area contributed by atoms with E-state index < -0.39 is 17.4 Å². The molecule has 8 nitrogen and oxygen atoms in total. The molecule has 0 spiro atoms. The first-order valence-corrected chi connectivity index (χ1v) is 11.0. The third-order valence-electron chi connectivity index (χ3n) is 6.34. The Morgan fingerprint density at radius 3 is 2.44 bits per heavy atom. The van der Waals surface area contributed by atoms with Gasteiger partial charge in [0.1, 0.15) is 5.82 Å². The fourth-order valence-electron chi connectivity index (χ4n) is 4.61. The van der Waals surface area contributed by atoms with Crippen molar-refractivity contribution in [1.82, 2.24) is 9.97 Å². The first kappa shape index (κ1) is 21.8. The van der Waals surface area contributed by atoms with E-state index in [-0.39, 0.29) is 35.8 Å². The molecule has 3 heterocycles. The molecule has 0 aliphatic carbocycles. The Morgan fingerprint density at radius 2 is 1.81 bits per heavy atom. The molecule has 1 aromatic heterocycles. The van der Waals surface area contributed by atoms with E-state index in [4.69, 9.17) is 0 Å². The lowest BCUT2D eigenvalue weighted by atomic mass is 9.92. The molecule has 0 radical (unpaired) electrons. The summed E-state index contributed by atoms with van der Waals surface area (Å²) in [5.74, 6) is -1.06. The third kappa shape index (κ3) is 4.17. The van der Waals surface area contributed by atoms with Crippen molar-refractivity contribution < 1.29 is 9.59 Å². The van der Waals surface area contributed by atoms with E-state index in [0.717, 1.165) is 30.4 Å². The molecule has 168 valence electrons. The lowest BCUT2D eigenvalue weighted by Gasteiger charge is -2.39. The molecule has 3 N–H and O–H groups in total. The van der Waals surface area contributed by atoms with Gasteiger partial charge >= 0.3 is 0 Å². The Bertz CT molecular complexity index is 1110. The second-order valence-corrected chi connectivity index (χ2v) is 8.84. The molecule has 2 aromatic rings. The van der Waals surface area contributed by atoms with Crippen LogP contribution in [-0.2, 0) is 9.59 Å². The molecule has 1 saturated heterocycles. The molecule has 2 aliphatic heterocycles. The average molecular weight is 436 g/mol. The van der Waals surface area contributed by atoms with Crippen molar-refractivity contribution in [3.63, 3.8) is 0 Å². The maximum absolute atomic E-state index is 13.1. The van der Waals surface area contributed by atoms with Gasteiger partial charge in [0.25, 0.3) is 5.56 Å². The van der Waals surface area contributed by atoms with Gasteiger partial charge in [0.15, 0.2) is 0 Å². The van der Waals surface area contributed by atoms with Crippen molar-refractivity contribution in [3.05, 3.63) is 52.3 Å². The van der Waals surface area contributed by atoms with Crippen LogP contribution in [0.15, 0.2) is 35.6 Å². The maximum atomic E-state index is 13.1. The first-order valence-electron chi connectivity index (χ1n) is 11.0. The summed E-state index contributed by atoms with van der Waals surface area (Å²) in [6.45, 7) is 10.0. The number of piperidine rings is 1. The van der Waals surface area contributed by atoms with Crippen molar-refractivity contribution in [2.75, 3.05) is 15.5 Å². The van der Waals surface area contributed by atoms with Crippen molar-refractivity contribution in [3.8, 4) is 0 Å². The fraction of sp³-hybridized carbons (Fsp3) is 0.417. The number of carbonyl (C=O) groups excluding carboxylic acids is 2. The minimum atomic E-state index is -0.916. The molecule has 0 unspecified atom stereocenters. The minimum Gasteiger partial charge on any atom is -0.337 e. The van der Waals surface area contributed by atoms with Crippen molar-refractivity contribution in [1.29, 1.82) is 0 Å². The van der Waals surface area contributed by atoms with E-state index in [1.165, 1.54) is 0 Å². The summed E-state index contributed by atoms with van der Waals surface area (Å²) in [4.78, 5) is 48.0. The summed E-state index contributed by atoms with van der Waals surface area (Å²) < 4.78 is 0. The maximum Gasteiger partial charge on any atom is 0.258 e. The lowest BCUT2D eigenvalue weighted by Crippen LogP contribution is -2.46. The van der Waals surface area contributed by atoms with Crippen LogP contribution in [0.5, 0.6) is 0 Å². The predicted octanol–water partition coefficient (Wildman–Crippen LogP) is 3.63. The molecule has 2 amide bonds. The number of H-pyrrole nitrogens is 1.